The summed E-state index contributed by atoms with van der Waals surface area (Å²) in [7, 11) is 3.78. The van der Waals surface area contributed by atoms with Gasteiger partial charge in [0.15, 0.2) is 0 Å². The van der Waals surface area contributed by atoms with E-state index in [9.17, 15) is 0 Å². The van der Waals surface area contributed by atoms with E-state index in [2.05, 4.69) is 15.9 Å². The lowest BCUT2D eigenvalue weighted by Crippen LogP contribution is -2.35. The van der Waals surface area contributed by atoms with Crippen LogP contribution < -0.4 is 0 Å². The molecule has 0 aromatic heterocycles. The third-order valence-electron chi connectivity index (χ3n) is 3.01. The quantitative estimate of drug-likeness (QED) is 0.475. The zero-order valence-corrected chi connectivity index (χ0v) is 9.78. The van der Waals surface area contributed by atoms with Crippen LogP contribution in [-0.4, -0.2) is 62.8 Å². The third kappa shape index (κ3) is 4.17. The van der Waals surface area contributed by atoms with E-state index in [1.165, 1.54) is 6.42 Å². The van der Waals surface area contributed by atoms with E-state index in [1.807, 2.05) is 7.05 Å². The number of hydrogen-bond donors (Lipinski definition) is 0. The zero-order valence-electron chi connectivity index (χ0n) is 9.78. The molecule has 1 atom stereocenters. The number of nitrogens with zero attached hydrogens (tertiary/aromatic N) is 3. The van der Waals surface area contributed by atoms with Crippen molar-refractivity contribution in [2.75, 3.05) is 46.9 Å². The first-order valence-corrected chi connectivity index (χ1v) is 5.56. The molecule has 15 heavy (non-hydrogen) atoms. The fourth-order valence-electron chi connectivity index (χ4n) is 2.05. The smallest absolute Gasteiger partial charge is 0.0866 e. The van der Waals surface area contributed by atoms with Crippen LogP contribution in [0, 0.1) is 11.3 Å². The summed E-state index contributed by atoms with van der Waals surface area (Å²) in [5, 5.41) is 8.61. The molecule has 1 aliphatic rings. The molecular formula is C11H21N3O. The number of hydrogen-bond acceptors (Lipinski definition) is 4. The van der Waals surface area contributed by atoms with Crippen LogP contribution >= 0.6 is 0 Å². The minimum atomic E-state index is 0.538. The van der Waals surface area contributed by atoms with E-state index in [4.69, 9.17) is 10.00 Å². The van der Waals surface area contributed by atoms with E-state index in [-0.39, 0.29) is 0 Å². The molecule has 1 saturated heterocycles. The highest BCUT2D eigenvalue weighted by atomic mass is 16.5. The highest BCUT2D eigenvalue weighted by molar-refractivity contribution is 4.86. The summed E-state index contributed by atoms with van der Waals surface area (Å²) in [5.41, 5.74) is 0. The van der Waals surface area contributed by atoms with Crippen molar-refractivity contribution in [1.29, 1.82) is 5.26 Å². The van der Waals surface area contributed by atoms with Crippen LogP contribution in [0.3, 0.4) is 0 Å². The van der Waals surface area contributed by atoms with Gasteiger partial charge in [0.1, 0.15) is 0 Å². The maximum Gasteiger partial charge on any atom is 0.0866 e. The molecule has 4 nitrogen and oxygen atoms in total. The number of rotatable bonds is 6. The highest BCUT2D eigenvalue weighted by Gasteiger charge is 2.24. The summed E-state index contributed by atoms with van der Waals surface area (Å²) in [6.45, 7) is 4.75. The topological polar surface area (TPSA) is 39.5 Å². The first-order valence-electron chi connectivity index (χ1n) is 5.56. The summed E-state index contributed by atoms with van der Waals surface area (Å²) in [6, 6.07) is 2.76. The van der Waals surface area contributed by atoms with E-state index >= 15 is 0 Å². The van der Waals surface area contributed by atoms with Crippen molar-refractivity contribution in [3.8, 4) is 6.07 Å². The fourth-order valence-corrected chi connectivity index (χ4v) is 2.05. The first-order chi connectivity index (χ1) is 7.27. The highest BCUT2D eigenvalue weighted by Crippen LogP contribution is 2.14. The molecule has 0 aliphatic carbocycles. The number of likely N-dealkylation sites (tertiary alicyclic amines) is 1. The molecule has 1 rings (SSSR count). The number of nitriles is 1. The lowest BCUT2D eigenvalue weighted by Gasteiger charge is -2.21. The van der Waals surface area contributed by atoms with Crippen molar-refractivity contribution in [2.45, 2.75) is 18.9 Å². The number of ether oxygens (including phenoxy) is 1. The van der Waals surface area contributed by atoms with Crippen LogP contribution in [-0.2, 0) is 4.74 Å². The van der Waals surface area contributed by atoms with Crippen molar-refractivity contribution in [1.82, 2.24) is 9.80 Å². The first kappa shape index (κ1) is 12.4. The van der Waals surface area contributed by atoms with Crippen molar-refractivity contribution in [3.63, 3.8) is 0 Å². The molecule has 1 fully saturated rings. The van der Waals surface area contributed by atoms with Gasteiger partial charge in [-0.05, 0) is 26.4 Å². The Labute approximate surface area is 92.4 Å². The predicted octanol–water partition coefficient (Wildman–Crippen LogP) is 0.553. The average Bonchev–Trinajstić information content (AvgIpc) is 2.67. The second kappa shape index (κ2) is 6.78. The van der Waals surface area contributed by atoms with Gasteiger partial charge >= 0.3 is 0 Å². The maximum atomic E-state index is 8.61. The van der Waals surface area contributed by atoms with E-state index in [1.54, 1.807) is 7.11 Å². The second-order valence-electron chi connectivity index (χ2n) is 4.16. The molecule has 0 amide bonds. The average molecular weight is 211 g/mol. The molecule has 0 bridgehead atoms. The lowest BCUT2D eigenvalue weighted by atomic mass is 10.2. The van der Waals surface area contributed by atoms with Crippen molar-refractivity contribution in [3.05, 3.63) is 0 Å². The number of methoxy groups -OCH3 is 1. The van der Waals surface area contributed by atoms with Gasteiger partial charge < -0.3 is 9.64 Å². The Bertz CT molecular complexity index is 214. The summed E-state index contributed by atoms with van der Waals surface area (Å²) in [5.74, 6) is 0. The van der Waals surface area contributed by atoms with Crippen molar-refractivity contribution >= 4 is 0 Å². The van der Waals surface area contributed by atoms with Gasteiger partial charge in [-0.1, -0.05) is 0 Å². The van der Waals surface area contributed by atoms with Crippen LogP contribution in [0.4, 0.5) is 0 Å². The Morgan fingerprint density at radius 1 is 1.60 bits per heavy atom. The molecule has 0 aromatic carbocycles. The Morgan fingerprint density at radius 3 is 3.07 bits per heavy atom. The van der Waals surface area contributed by atoms with Crippen LogP contribution in [0.2, 0.25) is 0 Å². The van der Waals surface area contributed by atoms with Crippen LogP contribution in [0.1, 0.15) is 12.8 Å². The molecule has 0 spiro atoms. The van der Waals surface area contributed by atoms with E-state index in [0.717, 1.165) is 32.7 Å². The monoisotopic (exact) mass is 211 g/mol. The Balaban J connectivity index is 2.18. The number of likely N-dealkylation sites (N-methyl/N-ethyl adjacent to an activating group) is 1. The van der Waals surface area contributed by atoms with Crippen LogP contribution in [0.25, 0.3) is 0 Å². The lowest BCUT2D eigenvalue weighted by molar-refractivity contribution is 0.175. The molecular weight excluding hydrogens is 190 g/mol. The third-order valence-corrected chi connectivity index (χ3v) is 3.01. The normalized spacial score (nSPS) is 22.1. The SMILES string of the molecule is COCCCN1CCC(N(C)CC#N)C1. The van der Waals surface area contributed by atoms with Crippen molar-refractivity contribution in [2.24, 2.45) is 0 Å². The molecule has 0 aromatic rings. The summed E-state index contributed by atoms with van der Waals surface area (Å²) < 4.78 is 5.03. The Kier molecular flexibility index (Phi) is 5.62. The van der Waals surface area contributed by atoms with Gasteiger partial charge in [0.05, 0.1) is 12.6 Å². The van der Waals surface area contributed by atoms with E-state index in [0.29, 0.717) is 12.6 Å². The largest absolute Gasteiger partial charge is 0.385 e. The van der Waals surface area contributed by atoms with Crippen LogP contribution in [0.15, 0.2) is 0 Å². The summed E-state index contributed by atoms with van der Waals surface area (Å²) in [6.07, 6.45) is 2.29. The zero-order chi connectivity index (χ0) is 11.1. The van der Waals surface area contributed by atoms with Gasteiger partial charge in [0, 0.05) is 32.8 Å². The van der Waals surface area contributed by atoms with Crippen LogP contribution in [0.5, 0.6) is 0 Å². The van der Waals surface area contributed by atoms with Gasteiger partial charge in [-0.3, -0.25) is 4.90 Å². The fraction of sp³-hybridized carbons (Fsp3) is 0.909. The molecule has 1 aliphatic heterocycles. The molecule has 4 heteroatoms. The molecule has 1 heterocycles. The minimum Gasteiger partial charge on any atom is -0.385 e. The minimum absolute atomic E-state index is 0.538. The Morgan fingerprint density at radius 2 is 2.40 bits per heavy atom. The molecule has 0 N–H and O–H groups in total. The van der Waals surface area contributed by atoms with Gasteiger partial charge in [0.25, 0.3) is 0 Å². The van der Waals surface area contributed by atoms with Gasteiger partial charge in [-0.2, -0.15) is 5.26 Å². The Hall–Kier alpha value is -0.630. The predicted molar refractivity (Wildman–Crippen MR) is 59.6 cm³/mol. The summed E-state index contributed by atoms with van der Waals surface area (Å²) >= 11 is 0. The van der Waals surface area contributed by atoms with Gasteiger partial charge in [0.2, 0.25) is 0 Å². The molecule has 1 unspecified atom stereocenters. The summed E-state index contributed by atoms with van der Waals surface area (Å²) in [4.78, 5) is 4.61. The standard InChI is InChI=1S/C11H21N3O/c1-13(8-5-12)11-4-7-14(10-11)6-3-9-15-2/h11H,3-4,6-10H2,1-2H3. The second-order valence-corrected chi connectivity index (χ2v) is 4.16. The van der Waals surface area contributed by atoms with Gasteiger partial charge in [-0.15, -0.1) is 0 Å². The maximum absolute atomic E-state index is 8.61. The molecule has 0 saturated carbocycles. The molecule has 86 valence electrons. The van der Waals surface area contributed by atoms with Gasteiger partial charge in [-0.25, -0.2) is 0 Å². The molecule has 0 radical (unpaired) electrons. The van der Waals surface area contributed by atoms with Crippen molar-refractivity contribution < 1.29 is 4.74 Å². The van der Waals surface area contributed by atoms with E-state index < -0.39 is 0 Å².